The fraction of sp³-hybridized carbons (Fsp3) is 0.417. The lowest BCUT2D eigenvalue weighted by atomic mass is 10.1. The number of hydrogen-bond acceptors (Lipinski definition) is 4. The molecule has 6 nitrogen and oxygen atoms in total. The lowest BCUT2D eigenvalue weighted by Gasteiger charge is -2.06. The van der Waals surface area contributed by atoms with Gasteiger partial charge in [-0.2, -0.15) is 0 Å². The monoisotopic (exact) mass is 252 g/mol. The number of hydrogen-bond donors (Lipinski definition) is 1. The highest BCUT2D eigenvalue weighted by atomic mass is 16.6. The van der Waals surface area contributed by atoms with Crippen molar-refractivity contribution in [3.63, 3.8) is 0 Å². The van der Waals surface area contributed by atoms with E-state index in [1.165, 1.54) is 12.1 Å². The van der Waals surface area contributed by atoms with Crippen LogP contribution in [0, 0.1) is 10.1 Å². The summed E-state index contributed by atoms with van der Waals surface area (Å²) in [5.74, 6) is 0. The highest BCUT2D eigenvalue weighted by molar-refractivity contribution is 5.69. The predicted octanol–water partition coefficient (Wildman–Crippen LogP) is 2.27. The zero-order valence-corrected chi connectivity index (χ0v) is 10.4. The number of carbonyl (C=O) groups excluding carboxylic acids is 1. The molecule has 1 atom stereocenters. The Labute approximate surface area is 105 Å². The molecule has 1 heterocycles. The Morgan fingerprint density at radius 2 is 2.00 bits per heavy atom. The minimum atomic E-state index is -0.440. The summed E-state index contributed by atoms with van der Waals surface area (Å²) >= 11 is 0. The van der Waals surface area contributed by atoms with Crippen LogP contribution in [0.5, 0.6) is 0 Å². The van der Waals surface area contributed by atoms with Crippen LogP contribution in [0.15, 0.2) is 24.3 Å². The lowest BCUT2D eigenvalue weighted by molar-refractivity contribution is -0.384. The number of cyclic esters (lactones) is 1. The molecule has 1 fully saturated rings. The standard InChI is InChI=1S/C10H10N2O4.C2H6/c13-10-11-8(6-16-10)5-7-1-3-9(4-2-7)12(14)15;1-2/h1-4,8H,5-6H2,(H,11,13);1-2H3/t8-;/m0./s1. The largest absolute Gasteiger partial charge is 0.447 e. The third-order valence-corrected chi connectivity index (χ3v) is 2.37. The Hall–Kier alpha value is -2.11. The molecule has 0 bridgehead atoms. The maximum absolute atomic E-state index is 10.8. The quantitative estimate of drug-likeness (QED) is 0.660. The number of amides is 1. The van der Waals surface area contributed by atoms with E-state index < -0.39 is 11.0 Å². The van der Waals surface area contributed by atoms with Crippen molar-refractivity contribution in [3.05, 3.63) is 39.9 Å². The average molecular weight is 252 g/mol. The third kappa shape index (κ3) is 3.73. The molecule has 1 N–H and O–H groups in total. The van der Waals surface area contributed by atoms with Crippen molar-refractivity contribution in [1.29, 1.82) is 0 Å². The number of carbonyl (C=O) groups is 1. The molecule has 6 heteroatoms. The minimum Gasteiger partial charge on any atom is -0.447 e. The van der Waals surface area contributed by atoms with E-state index in [1.807, 2.05) is 13.8 Å². The van der Waals surface area contributed by atoms with Crippen LogP contribution < -0.4 is 5.32 Å². The third-order valence-electron chi connectivity index (χ3n) is 2.37. The fourth-order valence-corrected chi connectivity index (χ4v) is 1.57. The lowest BCUT2D eigenvalue weighted by Crippen LogP contribution is -2.28. The van der Waals surface area contributed by atoms with Gasteiger partial charge >= 0.3 is 6.09 Å². The summed E-state index contributed by atoms with van der Waals surface area (Å²) in [5, 5.41) is 13.1. The Kier molecular flexibility index (Phi) is 5.10. The maximum atomic E-state index is 10.8. The second kappa shape index (κ2) is 6.58. The molecule has 0 saturated carbocycles. The van der Waals surface area contributed by atoms with Crippen LogP contribution >= 0.6 is 0 Å². The summed E-state index contributed by atoms with van der Waals surface area (Å²) in [6.07, 6.45) is 0.205. The first-order valence-electron chi connectivity index (χ1n) is 5.82. The van der Waals surface area contributed by atoms with E-state index in [4.69, 9.17) is 4.74 Å². The maximum Gasteiger partial charge on any atom is 0.407 e. The topological polar surface area (TPSA) is 81.5 Å². The molecule has 1 aliphatic rings. The van der Waals surface area contributed by atoms with E-state index in [0.717, 1.165) is 5.56 Å². The van der Waals surface area contributed by atoms with E-state index in [2.05, 4.69) is 5.32 Å². The van der Waals surface area contributed by atoms with Crippen LogP contribution in [0.1, 0.15) is 19.4 Å². The second-order valence-electron chi connectivity index (χ2n) is 3.57. The van der Waals surface area contributed by atoms with Crippen molar-refractivity contribution in [2.24, 2.45) is 0 Å². The summed E-state index contributed by atoms with van der Waals surface area (Å²) in [6.45, 7) is 4.34. The first kappa shape index (κ1) is 14.0. The Morgan fingerprint density at radius 3 is 2.44 bits per heavy atom. The van der Waals surface area contributed by atoms with Crippen molar-refractivity contribution in [2.45, 2.75) is 26.3 Å². The molecule has 1 amide bonds. The number of ether oxygens (including phenoxy) is 1. The number of benzene rings is 1. The summed E-state index contributed by atoms with van der Waals surface area (Å²) in [4.78, 5) is 20.8. The van der Waals surface area contributed by atoms with Gasteiger partial charge in [-0.1, -0.05) is 26.0 Å². The highest BCUT2D eigenvalue weighted by Crippen LogP contribution is 2.14. The van der Waals surface area contributed by atoms with Gasteiger partial charge in [0, 0.05) is 12.1 Å². The van der Waals surface area contributed by atoms with Crippen molar-refractivity contribution in [1.82, 2.24) is 5.32 Å². The van der Waals surface area contributed by atoms with Gasteiger partial charge in [0.25, 0.3) is 5.69 Å². The van der Waals surface area contributed by atoms with Gasteiger partial charge in [0.15, 0.2) is 0 Å². The van der Waals surface area contributed by atoms with E-state index >= 15 is 0 Å². The fourth-order valence-electron chi connectivity index (χ4n) is 1.57. The Balaban J connectivity index is 0.000000771. The molecule has 0 aromatic heterocycles. The summed E-state index contributed by atoms with van der Waals surface area (Å²) in [6, 6.07) is 6.22. The average Bonchev–Trinajstić information content (AvgIpc) is 2.78. The number of nitrogens with one attached hydrogen (secondary N) is 1. The molecule has 1 aliphatic heterocycles. The smallest absolute Gasteiger partial charge is 0.407 e. The number of non-ortho nitro benzene ring substituents is 1. The van der Waals surface area contributed by atoms with Crippen LogP contribution in [0.25, 0.3) is 0 Å². The van der Waals surface area contributed by atoms with E-state index in [1.54, 1.807) is 12.1 Å². The SMILES string of the molecule is CC.O=C1N[C@@H](Cc2ccc([N+](=O)[O-])cc2)CO1. The van der Waals surface area contributed by atoms with Gasteiger partial charge in [0.05, 0.1) is 11.0 Å². The summed E-state index contributed by atoms with van der Waals surface area (Å²) < 4.78 is 4.74. The van der Waals surface area contributed by atoms with E-state index in [9.17, 15) is 14.9 Å². The summed E-state index contributed by atoms with van der Waals surface area (Å²) in [5.41, 5.74) is 0.997. The van der Waals surface area contributed by atoms with Crippen LogP contribution in [-0.2, 0) is 11.2 Å². The number of rotatable bonds is 3. The van der Waals surface area contributed by atoms with Gasteiger partial charge in [0.2, 0.25) is 0 Å². The minimum absolute atomic E-state index is 0.0473. The zero-order chi connectivity index (χ0) is 13.5. The van der Waals surface area contributed by atoms with Gasteiger partial charge in [0.1, 0.15) is 6.61 Å². The molecule has 0 aliphatic carbocycles. The van der Waals surface area contributed by atoms with Crippen molar-refractivity contribution < 1.29 is 14.5 Å². The number of nitrogens with zero attached hydrogens (tertiary/aromatic N) is 1. The highest BCUT2D eigenvalue weighted by Gasteiger charge is 2.22. The first-order valence-corrected chi connectivity index (χ1v) is 5.82. The Morgan fingerprint density at radius 1 is 1.39 bits per heavy atom. The molecule has 2 rings (SSSR count). The molecule has 18 heavy (non-hydrogen) atoms. The molecule has 1 aromatic carbocycles. The molecule has 1 saturated heterocycles. The molecular weight excluding hydrogens is 236 g/mol. The molecule has 98 valence electrons. The van der Waals surface area contributed by atoms with Crippen molar-refractivity contribution in [3.8, 4) is 0 Å². The van der Waals surface area contributed by atoms with Gasteiger partial charge in [-0.15, -0.1) is 0 Å². The molecule has 0 unspecified atom stereocenters. The van der Waals surface area contributed by atoms with Crippen LogP contribution in [0.4, 0.5) is 10.5 Å². The zero-order valence-electron chi connectivity index (χ0n) is 10.4. The van der Waals surface area contributed by atoms with Crippen molar-refractivity contribution >= 4 is 11.8 Å². The van der Waals surface area contributed by atoms with Gasteiger partial charge in [-0.25, -0.2) is 4.79 Å². The number of alkyl carbamates (subject to hydrolysis) is 1. The predicted molar refractivity (Wildman–Crippen MR) is 66.4 cm³/mol. The molecule has 0 spiro atoms. The summed E-state index contributed by atoms with van der Waals surface area (Å²) in [7, 11) is 0. The van der Waals surface area contributed by atoms with E-state index in [-0.39, 0.29) is 11.7 Å². The molecular formula is C12H16N2O4. The number of nitro benzene ring substituents is 1. The number of nitro groups is 1. The first-order chi connectivity index (χ1) is 8.65. The van der Waals surface area contributed by atoms with Gasteiger partial charge in [-0.05, 0) is 12.0 Å². The second-order valence-corrected chi connectivity index (χ2v) is 3.57. The Bertz CT molecular complexity index is 417. The van der Waals surface area contributed by atoms with E-state index in [0.29, 0.717) is 13.0 Å². The van der Waals surface area contributed by atoms with Crippen molar-refractivity contribution in [2.75, 3.05) is 6.61 Å². The molecule has 0 radical (unpaired) electrons. The van der Waals surface area contributed by atoms with Gasteiger partial charge in [-0.3, -0.25) is 10.1 Å². The van der Waals surface area contributed by atoms with Crippen LogP contribution in [0.3, 0.4) is 0 Å². The van der Waals surface area contributed by atoms with Crippen LogP contribution in [0.2, 0.25) is 0 Å². The van der Waals surface area contributed by atoms with Gasteiger partial charge < -0.3 is 10.1 Å². The normalized spacial score (nSPS) is 17.2. The van der Waals surface area contributed by atoms with Crippen LogP contribution in [-0.4, -0.2) is 23.7 Å². The molecule has 1 aromatic rings.